The van der Waals surface area contributed by atoms with Gasteiger partial charge in [0.1, 0.15) is 11.8 Å². The Bertz CT molecular complexity index is 523. The Morgan fingerprint density at radius 1 is 1.06 bits per heavy atom. The van der Waals surface area contributed by atoms with Crippen molar-refractivity contribution in [2.75, 3.05) is 0 Å². The number of phenolic OH excluding ortho intramolecular Hbond substituents is 1. The Balaban J connectivity index is 2.42. The summed E-state index contributed by atoms with van der Waals surface area (Å²) in [5.41, 5.74) is 2.39. The van der Waals surface area contributed by atoms with E-state index in [2.05, 4.69) is 5.18 Å². The molecule has 0 spiro atoms. The molecule has 0 aliphatic rings. The molecular formula is C14H13NO2. The highest BCUT2D eigenvalue weighted by Crippen LogP contribution is 2.28. The smallest absolute Gasteiger partial charge is 0.142 e. The van der Waals surface area contributed by atoms with Crippen LogP contribution in [0.1, 0.15) is 22.7 Å². The zero-order valence-corrected chi connectivity index (χ0v) is 9.50. The molecule has 0 bridgehead atoms. The summed E-state index contributed by atoms with van der Waals surface area (Å²) in [5, 5.41) is 12.6. The van der Waals surface area contributed by atoms with Gasteiger partial charge in [0.15, 0.2) is 0 Å². The molecule has 0 fully saturated rings. The van der Waals surface area contributed by atoms with Crippen molar-refractivity contribution in [3.8, 4) is 5.75 Å². The fourth-order valence-electron chi connectivity index (χ4n) is 1.80. The van der Waals surface area contributed by atoms with Gasteiger partial charge in [0.2, 0.25) is 0 Å². The monoisotopic (exact) mass is 227 g/mol. The van der Waals surface area contributed by atoms with Crippen molar-refractivity contribution < 1.29 is 5.11 Å². The SMILES string of the molecule is Cc1cc(C(N=O)c2ccccc2)ccc1O. The first kappa shape index (κ1) is 11.3. The van der Waals surface area contributed by atoms with Crippen LogP contribution in [0.3, 0.4) is 0 Å². The summed E-state index contributed by atoms with van der Waals surface area (Å²) in [6.07, 6.45) is 0. The van der Waals surface area contributed by atoms with Gasteiger partial charge in [-0.05, 0) is 35.7 Å². The van der Waals surface area contributed by atoms with E-state index < -0.39 is 6.04 Å². The Kier molecular flexibility index (Phi) is 3.19. The Labute approximate surface area is 99.7 Å². The van der Waals surface area contributed by atoms with Gasteiger partial charge in [0.05, 0.1) is 0 Å². The molecule has 0 aliphatic carbocycles. The van der Waals surface area contributed by atoms with Gasteiger partial charge in [-0.3, -0.25) is 0 Å². The van der Waals surface area contributed by atoms with Gasteiger partial charge in [-0.1, -0.05) is 41.6 Å². The van der Waals surface area contributed by atoms with Gasteiger partial charge in [-0.25, -0.2) is 0 Å². The lowest BCUT2D eigenvalue weighted by Crippen LogP contribution is -1.97. The summed E-state index contributed by atoms with van der Waals surface area (Å²) < 4.78 is 0. The van der Waals surface area contributed by atoms with E-state index in [1.807, 2.05) is 30.3 Å². The van der Waals surface area contributed by atoms with E-state index >= 15 is 0 Å². The summed E-state index contributed by atoms with van der Waals surface area (Å²) in [5.74, 6) is 0.228. The van der Waals surface area contributed by atoms with E-state index in [4.69, 9.17) is 0 Å². The molecule has 0 radical (unpaired) electrons. The van der Waals surface area contributed by atoms with Crippen molar-refractivity contribution >= 4 is 0 Å². The third kappa shape index (κ3) is 2.33. The first-order chi connectivity index (χ1) is 8.22. The Morgan fingerprint density at radius 2 is 1.76 bits per heavy atom. The van der Waals surface area contributed by atoms with Gasteiger partial charge >= 0.3 is 0 Å². The molecule has 86 valence electrons. The third-order valence-electron chi connectivity index (χ3n) is 2.76. The van der Waals surface area contributed by atoms with Crippen molar-refractivity contribution in [2.24, 2.45) is 5.18 Å². The van der Waals surface area contributed by atoms with Gasteiger partial charge in [-0.15, -0.1) is 4.91 Å². The molecular weight excluding hydrogens is 214 g/mol. The summed E-state index contributed by atoms with van der Waals surface area (Å²) in [6, 6.07) is 14.0. The van der Waals surface area contributed by atoms with Crippen LogP contribution in [-0.2, 0) is 0 Å². The molecule has 0 saturated carbocycles. The number of rotatable bonds is 3. The van der Waals surface area contributed by atoms with Crippen molar-refractivity contribution in [1.29, 1.82) is 0 Å². The number of nitrogens with zero attached hydrogens (tertiary/aromatic N) is 1. The molecule has 2 aromatic rings. The molecule has 0 aliphatic heterocycles. The van der Waals surface area contributed by atoms with E-state index in [9.17, 15) is 10.0 Å². The van der Waals surface area contributed by atoms with Gasteiger partial charge < -0.3 is 5.11 Å². The predicted molar refractivity (Wildman–Crippen MR) is 66.9 cm³/mol. The Morgan fingerprint density at radius 3 is 2.35 bits per heavy atom. The number of hydrogen-bond acceptors (Lipinski definition) is 3. The highest BCUT2D eigenvalue weighted by molar-refractivity contribution is 5.40. The molecule has 3 nitrogen and oxygen atoms in total. The zero-order valence-electron chi connectivity index (χ0n) is 9.50. The summed E-state index contributed by atoms with van der Waals surface area (Å²) in [4.78, 5) is 11.0. The molecule has 0 amide bonds. The molecule has 1 unspecified atom stereocenters. The number of aryl methyl sites for hydroxylation is 1. The lowest BCUT2D eigenvalue weighted by atomic mass is 9.98. The quantitative estimate of drug-likeness (QED) is 0.815. The minimum Gasteiger partial charge on any atom is -0.508 e. The topological polar surface area (TPSA) is 49.7 Å². The minimum absolute atomic E-state index is 0.228. The molecule has 2 aromatic carbocycles. The number of benzene rings is 2. The number of phenols is 1. The van der Waals surface area contributed by atoms with E-state index in [0.29, 0.717) is 0 Å². The average molecular weight is 227 g/mol. The van der Waals surface area contributed by atoms with Crippen LogP contribution < -0.4 is 0 Å². The van der Waals surface area contributed by atoms with Crippen LogP contribution in [0.5, 0.6) is 5.75 Å². The largest absolute Gasteiger partial charge is 0.508 e. The fourth-order valence-corrected chi connectivity index (χ4v) is 1.80. The van der Waals surface area contributed by atoms with Crippen molar-refractivity contribution in [1.82, 2.24) is 0 Å². The van der Waals surface area contributed by atoms with E-state index in [0.717, 1.165) is 16.7 Å². The molecule has 1 atom stereocenters. The van der Waals surface area contributed by atoms with E-state index in [1.54, 1.807) is 25.1 Å². The number of nitroso groups, excluding NO2 is 1. The van der Waals surface area contributed by atoms with Gasteiger partial charge in [-0.2, -0.15) is 0 Å². The molecule has 3 heteroatoms. The molecule has 0 heterocycles. The lowest BCUT2D eigenvalue weighted by molar-refractivity contribution is 0.470. The minimum atomic E-state index is -0.518. The molecule has 0 aromatic heterocycles. The van der Waals surface area contributed by atoms with Crippen LogP contribution in [0.4, 0.5) is 0 Å². The maximum atomic E-state index is 11.0. The number of aromatic hydroxyl groups is 1. The predicted octanol–water partition coefficient (Wildman–Crippen LogP) is 3.56. The zero-order chi connectivity index (χ0) is 12.3. The highest BCUT2D eigenvalue weighted by Gasteiger charge is 2.14. The van der Waals surface area contributed by atoms with Crippen molar-refractivity contribution in [2.45, 2.75) is 13.0 Å². The third-order valence-corrected chi connectivity index (χ3v) is 2.76. The average Bonchev–Trinajstić information content (AvgIpc) is 2.36. The van der Waals surface area contributed by atoms with Crippen molar-refractivity contribution in [3.63, 3.8) is 0 Å². The van der Waals surface area contributed by atoms with Crippen LogP contribution in [-0.4, -0.2) is 5.11 Å². The first-order valence-corrected chi connectivity index (χ1v) is 5.39. The summed E-state index contributed by atoms with van der Waals surface area (Å²) >= 11 is 0. The second-order valence-electron chi connectivity index (χ2n) is 3.96. The molecule has 2 rings (SSSR count). The van der Waals surface area contributed by atoms with Gasteiger partial charge in [0, 0.05) is 0 Å². The van der Waals surface area contributed by atoms with E-state index in [1.165, 1.54) is 0 Å². The fraction of sp³-hybridized carbons (Fsp3) is 0.143. The molecule has 1 N–H and O–H groups in total. The second-order valence-corrected chi connectivity index (χ2v) is 3.96. The van der Waals surface area contributed by atoms with Crippen LogP contribution in [0, 0.1) is 11.8 Å². The standard InChI is InChI=1S/C14H13NO2/c1-10-9-12(7-8-13(10)16)14(15-17)11-5-3-2-4-6-11/h2-9,14,16H,1H3. The maximum Gasteiger partial charge on any atom is 0.142 e. The second kappa shape index (κ2) is 4.78. The van der Waals surface area contributed by atoms with Gasteiger partial charge in [0.25, 0.3) is 0 Å². The normalized spacial score (nSPS) is 12.1. The van der Waals surface area contributed by atoms with Crippen LogP contribution >= 0.6 is 0 Å². The Hall–Kier alpha value is -2.16. The summed E-state index contributed by atoms with van der Waals surface area (Å²) in [7, 11) is 0. The van der Waals surface area contributed by atoms with Crippen LogP contribution in [0.2, 0.25) is 0 Å². The lowest BCUT2D eigenvalue weighted by Gasteiger charge is -2.11. The highest BCUT2D eigenvalue weighted by atomic mass is 16.3. The van der Waals surface area contributed by atoms with Crippen molar-refractivity contribution in [3.05, 3.63) is 70.1 Å². The molecule has 17 heavy (non-hydrogen) atoms. The number of hydrogen-bond donors (Lipinski definition) is 1. The van der Waals surface area contributed by atoms with Crippen LogP contribution in [0.25, 0.3) is 0 Å². The summed E-state index contributed by atoms with van der Waals surface area (Å²) in [6.45, 7) is 1.80. The molecule has 0 saturated heterocycles. The van der Waals surface area contributed by atoms with Crippen LogP contribution in [0.15, 0.2) is 53.7 Å². The first-order valence-electron chi connectivity index (χ1n) is 5.39. The van der Waals surface area contributed by atoms with E-state index in [-0.39, 0.29) is 5.75 Å². The maximum absolute atomic E-state index is 11.0.